The highest BCUT2D eigenvalue weighted by atomic mass is 16.1. The number of nitrogens with zero attached hydrogens (tertiary/aromatic N) is 3. The van der Waals surface area contributed by atoms with E-state index >= 15 is 0 Å². The van der Waals surface area contributed by atoms with Crippen LogP contribution in [0.3, 0.4) is 0 Å². The van der Waals surface area contributed by atoms with Gasteiger partial charge in [-0.3, -0.25) is 9.78 Å². The molecule has 0 saturated carbocycles. The van der Waals surface area contributed by atoms with E-state index < -0.39 is 0 Å². The molecule has 4 heteroatoms. The average molecular weight is 189 g/mol. The summed E-state index contributed by atoms with van der Waals surface area (Å²) in [6, 6.07) is 0. The molecule has 2 rings (SSSR count). The zero-order valence-electron chi connectivity index (χ0n) is 8.19. The van der Waals surface area contributed by atoms with Gasteiger partial charge in [-0.25, -0.2) is 4.98 Å². The number of fused-ring (bicyclic) bond motifs is 1. The Morgan fingerprint density at radius 2 is 2.36 bits per heavy atom. The van der Waals surface area contributed by atoms with Crippen LogP contribution in [0.15, 0.2) is 18.6 Å². The van der Waals surface area contributed by atoms with Crippen LogP contribution in [0, 0.1) is 6.92 Å². The first-order valence-electron chi connectivity index (χ1n) is 4.45. The van der Waals surface area contributed by atoms with Crippen molar-refractivity contribution >= 4 is 11.3 Å². The Labute approximate surface area is 81.6 Å². The summed E-state index contributed by atoms with van der Waals surface area (Å²) in [7, 11) is 0. The number of Topliss-reactive ketones (excluding diaryl/α,β-unsaturated/α-hetero) is 1. The van der Waals surface area contributed by atoms with Crippen molar-refractivity contribution in [2.24, 2.45) is 0 Å². The van der Waals surface area contributed by atoms with Crippen molar-refractivity contribution in [2.75, 3.05) is 0 Å². The Morgan fingerprint density at radius 3 is 3.07 bits per heavy atom. The highest BCUT2D eigenvalue weighted by Crippen LogP contribution is 2.11. The first-order valence-corrected chi connectivity index (χ1v) is 4.45. The lowest BCUT2D eigenvalue weighted by molar-refractivity contribution is -0.116. The van der Waals surface area contributed by atoms with Crippen LogP contribution in [0.4, 0.5) is 0 Å². The number of carbonyl (C=O) groups excluding carboxylic acids is 1. The van der Waals surface area contributed by atoms with Crippen LogP contribution in [0.25, 0.3) is 5.52 Å². The summed E-state index contributed by atoms with van der Waals surface area (Å²) >= 11 is 0. The first kappa shape index (κ1) is 8.87. The molecule has 0 N–H and O–H groups in total. The van der Waals surface area contributed by atoms with Crippen molar-refractivity contribution < 1.29 is 4.79 Å². The van der Waals surface area contributed by atoms with Crippen molar-refractivity contribution in [3.05, 3.63) is 30.1 Å². The van der Waals surface area contributed by atoms with Gasteiger partial charge in [0.1, 0.15) is 11.6 Å². The molecule has 4 nitrogen and oxygen atoms in total. The molecule has 0 unspecified atom stereocenters. The molecule has 0 aromatic carbocycles. The molecule has 0 aliphatic rings. The van der Waals surface area contributed by atoms with Crippen LogP contribution < -0.4 is 0 Å². The van der Waals surface area contributed by atoms with Gasteiger partial charge in [-0.05, 0) is 13.8 Å². The minimum atomic E-state index is 0.119. The van der Waals surface area contributed by atoms with E-state index in [1.807, 2.05) is 17.5 Å². The van der Waals surface area contributed by atoms with Crippen molar-refractivity contribution in [2.45, 2.75) is 20.3 Å². The van der Waals surface area contributed by atoms with Crippen molar-refractivity contribution in [1.29, 1.82) is 0 Å². The minimum absolute atomic E-state index is 0.119. The van der Waals surface area contributed by atoms with E-state index in [1.165, 1.54) is 0 Å². The van der Waals surface area contributed by atoms with Crippen LogP contribution in [0.5, 0.6) is 0 Å². The van der Waals surface area contributed by atoms with Gasteiger partial charge in [0.05, 0.1) is 23.8 Å². The molecular weight excluding hydrogens is 178 g/mol. The fourth-order valence-corrected chi connectivity index (χ4v) is 1.53. The third-order valence-electron chi connectivity index (χ3n) is 2.12. The quantitative estimate of drug-likeness (QED) is 0.712. The molecule has 0 aliphatic carbocycles. The fraction of sp³-hybridized carbons (Fsp3) is 0.300. The molecule has 2 aromatic rings. The van der Waals surface area contributed by atoms with Crippen LogP contribution in [0.1, 0.15) is 18.4 Å². The lowest BCUT2D eigenvalue weighted by atomic mass is 10.2. The van der Waals surface area contributed by atoms with Gasteiger partial charge in [-0.15, -0.1) is 0 Å². The van der Waals surface area contributed by atoms with Crippen LogP contribution >= 0.6 is 0 Å². The number of imidazole rings is 1. The monoisotopic (exact) mass is 189 g/mol. The van der Waals surface area contributed by atoms with Gasteiger partial charge in [-0.1, -0.05) is 0 Å². The van der Waals surface area contributed by atoms with Gasteiger partial charge < -0.3 is 4.40 Å². The molecule has 14 heavy (non-hydrogen) atoms. The smallest absolute Gasteiger partial charge is 0.135 e. The van der Waals surface area contributed by atoms with Gasteiger partial charge in [0.2, 0.25) is 0 Å². The highest BCUT2D eigenvalue weighted by Gasteiger charge is 2.09. The lowest BCUT2D eigenvalue weighted by Gasteiger charge is -1.94. The van der Waals surface area contributed by atoms with Crippen molar-refractivity contribution in [1.82, 2.24) is 14.4 Å². The lowest BCUT2D eigenvalue weighted by Crippen LogP contribution is -1.97. The van der Waals surface area contributed by atoms with E-state index in [1.54, 1.807) is 19.3 Å². The summed E-state index contributed by atoms with van der Waals surface area (Å²) in [5.41, 5.74) is 1.73. The molecule has 2 aromatic heterocycles. The molecule has 2 heterocycles. The number of aromatic nitrogens is 3. The van der Waals surface area contributed by atoms with E-state index in [0.29, 0.717) is 6.42 Å². The van der Waals surface area contributed by atoms with Crippen molar-refractivity contribution in [3.8, 4) is 0 Å². The summed E-state index contributed by atoms with van der Waals surface area (Å²) in [5.74, 6) is 1.01. The SMILES string of the molecule is CC(=O)Cc1nc(C)n2ccncc12. The van der Waals surface area contributed by atoms with Gasteiger partial charge in [-0.2, -0.15) is 0 Å². The van der Waals surface area contributed by atoms with Crippen LogP contribution in [-0.2, 0) is 11.2 Å². The topological polar surface area (TPSA) is 47.3 Å². The third-order valence-corrected chi connectivity index (χ3v) is 2.12. The molecule has 0 amide bonds. The van der Waals surface area contributed by atoms with E-state index in [9.17, 15) is 4.79 Å². The zero-order chi connectivity index (χ0) is 10.1. The van der Waals surface area contributed by atoms with E-state index in [4.69, 9.17) is 0 Å². The summed E-state index contributed by atoms with van der Waals surface area (Å²) < 4.78 is 1.94. The number of hydrogen-bond acceptors (Lipinski definition) is 3. The van der Waals surface area contributed by atoms with Crippen LogP contribution in [-0.4, -0.2) is 20.2 Å². The number of carbonyl (C=O) groups is 1. The number of aryl methyl sites for hydroxylation is 1. The molecule has 0 fully saturated rings. The first-order chi connectivity index (χ1) is 6.68. The number of ketones is 1. The number of hydrogen-bond donors (Lipinski definition) is 0. The minimum Gasteiger partial charge on any atom is -0.301 e. The fourth-order valence-electron chi connectivity index (χ4n) is 1.53. The molecule has 0 radical (unpaired) electrons. The Morgan fingerprint density at radius 1 is 1.57 bits per heavy atom. The molecular formula is C10H11N3O. The molecule has 72 valence electrons. The second-order valence-corrected chi connectivity index (χ2v) is 3.32. The summed E-state index contributed by atoms with van der Waals surface area (Å²) in [6.07, 6.45) is 5.67. The van der Waals surface area contributed by atoms with Gasteiger partial charge in [0.25, 0.3) is 0 Å². The maximum Gasteiger partial charge on any atom is 0.135 e. The predicted molar refractivity (Wildman–Crippen MR) is 52.1 cm³/mol. The highest BCUT2D eigenvalue weighted by molar-refractivity contribution is 5.79. The Kier molecular flexibility index (Phi) is 2.04. The summed E-state index contributed by atoms with van der Waals surface area (Å²) in [6.45, 7) is 3.48. The zero-order valence-corrected chi connectivity index (χ0v) is 8.19. The third kappa shape index (κ3) is 1.39. The summed E-state index contributed by atoms with van der Waals surface area (Å²) in [4.78, 5) is 19.4. The van der Waals surface area contributed by atoms with Crippen molar-refractivity contribution in [3.63, 3.8) is 0 Å². The summed E-state index contributed by atoms with van der Waals surface area (Å²) in [5, 5.41) is 0. The predicted octanol–water partition coefficient (Wildman–Crippen LogP) is 1.17. The van der Waals surface area contributed by atoms with Crippen LogP contribution in [0.2, 0.25) is 0 Å². The standard InChI is InChI=1S/C10H11N3O/c1-7(14)5-9-10-6-11-3-4-13(10)8(2)12-9/h3-4,6H,5H2,1-2H3. The average Bonchev–Trinajstić information content (AvgIpc) is 2.44. The van der Waals surface area contributed by atoms with Gasteiger partial charge in [0, 0.05) is 12.4 Å². The molecule has 0 aliphatic heterocycles. The normalized spacial score (nSPS) is 10.7. The van der Waals surface area contributed by atoms with E-state index in [0.717, 1.165) is 17.0 Å². The van der Waals surface area contributed by atoms with E-state index in [2.05, 4.69) is 9.97 Å². The molecule has 0 spiro atoms. The molecule has 0 atom stereocenters. The Bertz CT molecular complexity index is 487. The molecule has 0 saturated heterocycles. The maximum atomic E-state index is 11.0. The molecule has 0 bridgehead atoms. The second-order valence-electron chi connectivity index (χ2n) is 3.32. The Balaban J connectivity index is 2.60. The Hall–Kier alpha value is -1.71. The van der Waals surface area contributed by atoms with Gasteiger partial charge >= 0.3 is 0 Å². The van der Waals surface area contributed by atoms with Gasteiger partial charge in [0.15, 0.2) is 0 Å². The second kappa shape index (κ2) is 3.21. The van der Waals surface area contributed by atoms with E-state index in [-0.39, 0.29) is 5.78 Å². The largest absolute Gasteiger partial charge is 0.301 e. The maximum absolute atomic E-state index is 11.0. The number of rotatable bonds is 2.